The van der Waals surface area contributed by atoms with E-state index in [-0.39, 0.29) is 31.6 Å². The van der Waals surface area contributed by atoms with Gasteiger partial charge in [0.25, 0.3) is 5.91 Å². The standard InChI is InChI=1S/C24H23N5O4/c1-28-10-9-26-21(28)13-29-20(14-30)23(33-15-22(29)31)17-5-7-19(8-6-17)27-24(32)18-4-2-3-16(11-18)12-25/h2-11,20,23,30H,13-15H2,1H3,(H,27,32). The number of rotatable bonds is 6. The minimum atomic E-state index is -0.572. The largest absolute Gasteiger partial charge is 0.394 e. The van der Waals surface area contributed by atoms with E-state index in [1.54, 1.807) is 59.8 Å². The van der Waals surface area contributed by atoms with E-state index in [0.29, 0.717) is 22.6 Å². The first kappa shape index (κ1) is 22.2. The molecule has 2 amide bonds. The number of anilines is 1. The van der Waals surface area contributed by atoms with Crippen molar-refractivity contribution >= 4 is 17.5 Å². The van der Waals surface area contributed by atoms with Gasteiger partial charge in [-0.05, 0) is 35.9 Å². The Morgan fingerprint density at radius 1 is 1.30 bits per heavy atom. The van der Waals surface area contributed by atoms with Crippen LogP contribution in [0.25, 0.3) is 0 Å². The van der Waals surface area contributed by atoms with Crippen LogP contribution >= 0.6 is 0 Å². The number of aliphatic hydroxyl groups is 1. The van der Waals surface area contributed by atoms with Gasteiger partial charge in [0.1, 0.15) is 18.5 Å². The van der Waals surface area contributed by atoms with Crippen LogP contribution in [0.1, 0.15) is 33.4 Å². The van der Waals surface area contributed by atoms with Gasteiger partial charge in [0.05, 0.1) is 30.8 Å². The van der Waals surface area contributed by atoms with Gasteiger partial charge in [-0.15, -0.1) is 0 Å². The highest BCUT2D eigenvalue weighted by Gasteiger charge is 2.37. The van der Waals surface area contributed by atoms with Crippen LogP contribution in [0, 0.1) is 11.3 Å². The zero-order chi connectivity index (χ0) is 23.4. The van der Waals surface area contributed by atoms with Crippen molar-refractivity contribution in [2.45, 2.75) is 18.7 Å². The van der Waals surface area contributed by atoms with Crippen molar-refractivity contribution in [2.24, 2.45) is 7.05 Å². The number of nitrogens with one attached hydrogen (secondary N) is 1. The van der Waals surface area contributed by atoms with Crippen LogP contribution in [0.3, 0.4) is 0 Å². The number of carbonyl (C=O) groups excluding carboxylic acids is 2. The predicted molar refractivity (Wildman–Crippen MR) is 119 cm³/mol. The predicted octanol–water partition coefficient (Wildman–Crippen LogP) is 2.01. The van der Waals surface area contributed by atoms with Crippen molar-refractivity contribution in [3.8, 4) is 6.07 Å². The first-order chi connectivity index (χ1) is 16.0. The van der Waals surface area contributed by atoms with Crippen molar-refractivity contribution in [1.29, 1.82) is 5.26 Å². The molecule has 2 heterocycles. The van der Waals surface area contributed by atoms with Crippen molar-refractivity contribution < 1.29 is 19.4 Å². The molecule has 168 valence electrons. The molecular weight excluding hydrogens is 422 g/mol. The summed E-state index contributed by atoms with van der Waals surface area (Å²) in [6.45, 7) is -0.100. The SMILES string of the molecule is Cn1ccnc1CN1C(=O)COC(c2ccc(NC(=O)c3cccc(C#N)c3)cc2)C1CO. The molecule has 0 spiro atoms. The molecule has 33 heavy (non-hydrogen) atoms. The second kappa shape index (κ2) is 9.65. The number of nitriles is 1. The molecule has 1 saturated heterocycles. The number of ether oxygens (including phenoxy) is 1. The smallest absolute Gasteiger partial charge is 0.255 e. The summed E-state index contributed by atoms with van der Waals surface area (Å²) in [5.41, 5.74) is 2.14. The monoisotopic (exact) mass is 445 g/mol. The molecule has 4 rings (SSSR count). The molecule has 9 heteroatoms. The number of nitrogens with zero attached hydrogens (tertiary/aromatic N) is 4. The third-order valence-corrected chi connectivity index (χ3v) is 5.63. The summed E-state index contributed by atoms with van der Waals surface area (Å²) in [7, 11) is 1.85. The van der Waals surface area contributed by atoms with Crippen molar-refractivity contribution in [1.82, 2.24) is 14.5 Å². The van der Waals surface area contributed by atoms with Crippen molar-refractivity contribution in [3.05, 3.63) is 83.4 Å². The minimum Gasteiger partial charge on any atom is -0.394 e. The second-order valence-electron chi connectivity index (χ2n) is 7.73. The van der Waals surface area contributed by atoms with E-state index in [1.807, 2.05) is 17.7 Å². The summed E-state index contributed by atoms with van der Waals surface area (Å²) in [4.78, 5) is 30.9. The zero-order valence-electron chi connectivity index (χ0n) is 18.0. The average molecular weight is 445 g/mol. The van der Waals surface area contributed by atoms with Crippen LogP contribution in [-0.2, 0) is 23.1 Å². The average Bonchev–Trinajstić information content (AvgIpc) is 3.25. The van der Waals surface area contributed by atoms with Crippen LogP contribution < -0.4 is 5.32 Å². The topological polar surface area (TPSA) is 120 Å². The van der Waals surface area contributed by atoms with Gasteiger partial charge < -0.3 is 24.6 Å². The molecule has 0 bridgehead atoms. The lowest BCUT2D eigenvalue weighted by Crippen LogP contribution is -2.52. The first-order valence-corrected chi connectivity index (χ1v) is 10.4. The molecule has 1 aliphatic rings. The van der Waals surface area contributed by atoms with E-state index < -0.39 is 12.1 Å². The van der Waals surface area contributed by atoms with E-state index in [1.165, 1.54) is 6.07 Å². The summed E-state index contributed by atoms with van der Waals surface area (Å²) in [6.07, 6.45) is 2.94. The number of benzene rings is 2. The molecule has 9 nitrogen and oxygen atoms in total. The molecule has 3 aromatic rings. The Morgan fingerprint density at radius 2 is 2.09 bits per heavy atom. The summed E-state index contributed by atoms with van der Waals surface area (Å²) < 4.78 is 7.61. The number of imidazole rings is 1. The number of aryl methyl sites for hydroxylation is 1. The molecule has 2 N–H and O–H groups in total. The van der Waals surface area contributed by atoms with Crippen molar-refractivity contribution in [3.63, 3.8) is 0 Å². The maximum atomic E-state index is 12.5. The van der Waals surface area contributed by atoms with E-state index >= 15 is 0 Å². The van der Waals surface area contributed by atoms with Gasteiger partial charge in [-0.2, -0.15) is 5.26 Å². The van der Waals surface area contributed by atoms with Gasteiger partial charge in [-0.25, -0.2) is 4.98 Å². The zero-order valence-corrected chi connectivity index (χ0v) is 18.0. The van der Waals surface area contributed by atoms with Crippen LogP contribution in [0.15, 0.2) is 60.9 Å². The van der Waals surface area contributed by atoms with Crippen LogP contribution in [0.2, 0.25) is 0 Å². The van der Waals surface area contributed by atoms with E-state index in [2.05, 4.69) is 10.3 Å². The number of hydrogen-bond acceptors (Lipinski definition) is 6. The molecule has 2 atom stereocenters. The Morgan fingerprint density at radius 3 is 2.76 bits per heavy atom. The molecule has 1 aromatic heterocycles. The molecule has 0 aliphatic carbocycles. The van der Waals surface area contributed by atoms with E-state index in [4.69, 9.17) is 10.00 Å². The first-order valence-electron chi connectivity index (χ1n) is 10.4. The molecule has 1 fully saturated rings. The summed E-state index contributed by atoms with van der Waals surface area (Å²) >= 11 is 0. The Kier molecular flexibility index (Phi) is 6.49. The number of carbonyl (C=O) groups is 2. The van der Waals surface area contributed by atoms with Crippen molar-refractivity contribution in [2.75, 3.05) is 18.5 Å². The lowest BCUT2D eigenvalue weighted by Gasteiger charge is -2.40. The molecule has 2 aromatic carbocycles. The lowest BCUT2D eigenvalue weighted by molar-refractivity contribution is -0.162. The van der Waals surface area contributed by atoms with Gasteiger partial charge in [0.2, 0.25) is 5.91 Å². The van der Waals surface area contributed by atoms with Gasteiger partial charge in [-0.1, -0.05) is 18.2 Å². The van der Waals surface area contributed by atoms with E-state index in [0.717, 1.165) is 5.56 Å². The lowest BCUT2D eigenvalue weighted by atomic mass is 9.99. The normalized spacial score (nSPS) is 18.1. The third kappa shape index (κ3) is 4.77. The Bertz CT molecular complexity index is 1200. The second-order valence-corrected chi connectivity index (χ2v) is 7.73. The Labute approximate surface area is 190 Å². The fourth-order valence-electron chi connectivity index (χ4n) is 3.81. The highest BCUT2D eigenvalue weighted by Crippen LogP contribution is 2.30. The van der Waals surface area contributed by atoms with Crippen LogP contribution in [-0.4, -0.2) is 50.6 Å². The van der Waals surface area contributed by atoms with Gasteiger partial charge in [0.15, 0.2) is 0 Å². The quantitative estimate of drug-likeness (QED) is 0.599. The number of hydrogen-bond donors (Lipinski definition) is 2. The highest BCUT2D eigenvalue weighted by atomic mass is 16.5. The Hall–Kier alpha value is -4.00. The molecule has 1 aliphatic heterocycles. The minimum absolute atomic E-state index is 0.0979. The number of amides is 2. The molecular formula is C24H23N5O4. The number of aromatic nitrogens is 2. The van der Waals surface area contributed by atoms with Gasteiger partial charge in [0, 0.05) is 30.7 Å². The summed E-state index contributed by atoms with van der Waals surface area (Å²) in [6, 6.07) is 15.0. The fourth-order valence-corrected chi connectivity index (χ4v) is 3.81. The highest BCUT2D eigenvalue weighted by molar-refractivity contribution is 6.04. The fraction of sp³-hybridized carbons (Fsp3) is 0.250. The van der Waals surface area contributed by atoms with Crippen LogP contribution in [0.4, 0.5) is 5.69 Å². The van der Waals surface area contributed by atoms with Crippen LogP contribution in [0.5, 0.6) is 0 Å². The molecule has 0 radical (unpaired) electrons. The van der Waals surface area contributed by atoms with Gasteiger partial charge in [-0.3, -0.25) is 9.59 Å². The van der Waals surface area contributed by atoms with E-state index in [9.17, 15) is 14.7 Å². The maximum Gasteiger partial charge on any atom is 0.255 e. The Balaban J connectivity index is 1.49. The third-order valence-electron chi connectivity index (χ3n) is 5.63. The number of morpholine rings is 1. The summed E-state index contributed by atoms with van der Waals surface area (Å²) in [5.74, 6) is 0.173. The molecule has 0 saturated carbocycles. The summed E-state index contributed by atoms with van der Waals surface area (Å²) in [5, 5.41) is 21.9. The molecule has 2 unspecified atom stereocenters. The maximum absolute atomic E-state index is 12.5. The van der Waals surface area contributed by atoms with Gasteiger partial charge >= 0.3 is 0 Å². The number of aliphatic hydroxyl groups excluding tert-OH is 1.